The van der Waals surface area contributed by atoms with E-state index in [-0.39, 0.29) is 25.4 Å². The lowest BCUT2D eigenvalue weighted by molar-refractivity contribution is -0.142. The first kappa shape index (κ1) is 27.7. The van der Waals surface area contributed by atoms with E-state index in [0.717, 1.165) is 27.6 Å². The Kier molecular flexibility index (Phi) is 8.54. The molecule has 0 unspecified atom stereocenters. The van der Waals surface area contributed by atoms with Gasteiger partial charge in [0, 0.05) is 23.1 Å². The molecule has 1 heterocycles. The Morgan fingerprint density at radius 3 is 2.56 bits per heavy atom. The third-order valence-electron chi connectivity index (χ3n) is 5.76. The largest absolute Gasteiger partial charge is 0.486 e. The maximum atomic E-state index is 14.7. The third-order valence-corrected chi connectivity index (χ3v) is 5.76. The molecular weight excluding hydrogens is 501 g/mol. The van der Waals surface area contributed by atoms with E-state index >= 15 is 0 Å². The standard InChI is InChI=1S/C31H32FNO6/c1-5-36-27(34)17-23-10-7-11-26(32)29(23)38-19-21-15-24-12-13-37-28(24)25(16-21)22-9-6-8-20(14-22)18-33-30(35)39-31(2,3)4/h6-16H,5,17-19H2,1-4H3,(H,33,35). The molecule has 0 fully saturated rings. The van der Waals surface area contributed by atoms with Gasteiger partial charge in [-0.05, 0) is 74.7 Å². The van der Waals surface area contributed by atoms with Crippen molar-refractivity contribution in [1.29, 1.82) is 0 Å². The van der Waals surface area contributed by atoms with Crippen molar-refractivity contribution in [2.24, 2.45) is 0 Å². The Morgan fingerprint density at radius 1 is 1.00 bits per heavy atom. The molecule has 1 aromatic heterocycles. The SMILES string of the molecule is CCOC(=O)Cc1cccc(F)c1OCc1cc(-c2cccc(CNC(=O)OC(C)(C)C)c2)c2occc2c1. The number of alkyl carbamates (subject to hydrolysis) is 1. The van der Waals surface area contributed by atoms with Crippen molar-refractivity contribution in [2.45, 2.75) is 52.9 Å². The van der Waals surface area contributed by atoms with E-state index in [1.165, 1.54) is 12.1 Å². The molecule has 3 aromatic carbocycles. The van der Waals surface area contributed by atoms with Gasteiger partial charge >= 0.3 is 12.1 Å². The zero-order valence-electron chi connectivity index (χ0n) is 22.5. The predicted octanol–water partition coefficient (Wildman–Crippen LogP) is 6.95. The van der Waals surface area contributed by atoms with Crippen LogP contribution in [0.4, 0.5) is 9.18 Å². The van der Waals surface area contributed by atoms with Crippen molar-refractivity contribution in [3.05, 3.63) is 89.4 Å². The first-order valence-electron chi connectivity index (χ1n) is 12.7. The number of carbonyl (C=O) groups excluding carboxylic acids is 2. The summed E-state index contributed by atoms with van der Waals surface area (Å²) in [5, 5.41) is 3.64. The van der Waals surface area contributed by atoms with E-state index < -0.39 is 23.5 Å². The minimum atomic E-state index is -0.582. The number of benzene rings is 3. The van der Waals surface area contributed by atoms with Crippen LogP contribution in [-0.4, -0.2) is 24.3 Å². The molecule has 0 aliphatic carbocycles. The lowest BCUT2D eigenvalue weighted by Crippen LogP contribution is -2.32. The molecule has 0 aliphatic heterocycles. The summed E-state index contributed by atoms with van der Waals surface area (Å²) in [6.07, 6.45) is 1.04. The second-order valence-corrected chi connectivity index (χ2v) is 10.0. The highest BCUT2D eigenvalue weighted by Gasteiger charge is 2.17. The first-order valence-corrected chi connectivity index (χ1v) is 12.7. The van der Waals surface area contributed by atoms with Gasteiger partial charge in [-0.2, -0.15) is 0 Å². The number of hydrogen-bond donors (Lipinski definition) is 1. The number of halogens is 1. The van der Waals surface area contributed by atoms with Crippen LogP contribution in [0.3, 0.4) is 0 Å². The van der Waals surface area contributed by atoms with Gasteiger partial charge in [-0.25, -0.2) is 9.18 Å². The highest BCUT2D eigenvalue weighted by Crippen LogP contribution is 2.33. The molecule has 0 bridgehead atoms. The summed E-state index contributed by atoms with van der Waals surface area (Å²) in [7, 11) is 0. The second-order valence-electron chi connectivity index (χ2n) is 10.0. The first-order chi connectivity index (χ1) is 18.6. The summed E-state index contributed by atoms with van der Waals surface area (Å²) in [5.41, 5.74) is 3.93. The topological polar surface area (TPSA) is 87.0 Å². The Hall–Kier alpha value is -4.33. The number of hydrogen-bond acceptors (Lipinski definition) is 6. The Labute approximate surface area is 226 Å². The van der Waals surface area contributed by atoms with E-state index in [1.807, 2.05) is 63.2 Å². The average molecular weight is 534 g/mol. The van der Waals surface area contributed by atoms with Crippen molar-refractivity contribution in [3.8, 4) is 16.9 Å². The summed E-state index contributed by atoms with van der Waals surface area (Å²) in [5.74, 6) is -0.975. The van der Waals surface area contributed by atoms with Gasteiger partial charge in [-0.1, -0.05) is 30.3 Å². The van der Waals surface area contributed by atoms with Gasteiger partial charge in [-0.3, -0.25) is 4.79 Å². The molecule has 0 saturated carbocycles. The summed E-state index contributed by atoms with van der Waals surface area (Å²) >= 11 is 0. The summed E-state index contributed by atoms with van der Waals surface area (Å²) in [4.78, 5) is 24.1. The van der Waals surface area contributed by atoms with Crippen LogP contribution in [-0.2, 0) is 33.8 Å². The Balaban J connectivity index is 1.56. The Bertz CT molecular complexity index is 1470. The predicted molar refractivity (Wildman–Crippen MR) is 146 cm³/mol. The van der Waals surface area contributed by atoms with Gasteiger partial charge in [0.2, 0.25) is 0 Å². The van der Waals surface area contributed by atoms with Crippen molar-refractivity contribution in [1.82, 2.24) is 5.32 Å². The second kappa shape index (κ2) is 12.0. The average Bonchev–Trinajstić information content (AvgIpc) is 3.35. The zero-order chi connectivity index (χ0) is 28.0. The smallest absolute Gasteiger partial charge is 0.407 e. The van der Waals surface area contributed by atoms with E-state index in [2.05, 4.69) is 5.32 Å². The molecule has 0 spiro atoms. The molecule has 0 radical (unpaired) electrons. The number of rotatable bonds is 9. The lowest BCUT2D eigenvalue weighted by Gasteiger charge is -2.19. The van der Waals surface area contributed by atoms with E-state index in [1.54, 1.807) is 19.3 Å². The van der Waals surface area contributed by atoms with Crippen LogP contribution in [0.15, 0.2) is 71.3 Å². The monoisotopic (exact) mass is 533 g/mol. The van der Waals surface area contributed by atoms with E-state index in [9.17, 15) is 14.0 Å². The van der Waals surface area contributed by atoms with Gasteiger partial charge < -0.3 is 23.9 Å². The number of carbonyl (C=O) groups is 2. The number of fused-ring (bicyclic) bond motifs is 1. The fourth-order valence-corrected chi connectivity index (χ4v) is 4.16. The lowest BCUT2D eigenvalue weighted by atomic mass is 9.99. The van der Waals surface area contributed by atoms with Crippen molar-refractivity contribution in [2.75, 3.05) is 6.61 Å². The molecule has 204 valence electrons. The van der Waals surface area contributed by atoms with E-state index in [0.29, 0.717) is 17.7 Å². The number of esters is 1. The highest BCUT2D eigenvalue weighted by molar-refractivity contribution is 5.93. The summed E-state index contributed by atoms with van der Waals surface area (Å²) in [6.45, 7) is 7.77. The zero-order valence-corrected chi connectivity index (χ0v) is 22.5. The molecule has 1 amide bonds. The fourth-order valence-electron chi connectivity index (χ4n) is 4.16. The number of ether oxygens (including phenoxy) is 3. The minimum Gasteiger partial charge on any atom is -0.486 e. The van der Waals surface area contributed by atoms with Crippen LogP contribution in [0.5, 0.6) is 5.75 Å². The van der Waals surface area contributed by atoms with Gasteiger partial charge in [0.15, 0.2) is 11.6 Å². The fraction of sp³-hybridized carbons (Fsp3) is 0.290. The number of nitrogens with one attached hydrogen (secondary N) is 1. The van der Waals surface area contributed by atoms with Gasteiger partial charge in [0.1, 0.15) is 17.8 Å². The van der Waals surface area contributed by atoms with Crippen LogP contribution in [0.2, 0.25) is 0 Å². The Morgan fingerprint density at radius 2 is 1.79 bits per heavy atom. The van der Waals surface area contributed by atoms with Gasteiger partial charge in [0.05, 0.1) is 19.3 Å². The quantitative estimate of drug-likeness (QED) is 0.234. The summed E-state index contributed by atoms with van der Waals surface area (Å²) in [6, 6.07) is 17.9. The molecule has 1 N–H and O–H groups in total. The van der Waals surface area contributed by atoms with Crippen LogP contribution >= 0.6 is 0 Å². The number of furan rings is 1. The normalized spacial score (nSPS) is 11.3. The molecule has 7 nitrogen and oxygen atoms in total. The van der Waals surface area contributed by atoms with Crippen LogP contribution in [0, 0.1) is 5.82 Å². The van der Waals surface area contributed by atoms with Crippen molar-refractivity contribution < 1.29 is 32.6 Å². The van der Waals surface area contributed by atoms with Gasteiger partial charge in [0.25, 0.3) is 0 Å². The van der Waals surface area contributed by atoms with Crippen LogP contribution in [0.25, 0.3) is 22.1 Å². The maximum absolute atomic E-state index is 14.7. The van der Waals surface area contributed by atoms with E-state index in [4.69, 9.17) is 18.6 Å². The maximum Gasteiger partial charge on any atom is 0.407 e. The highest BCUT2D eigenvalue weighted by atomic mass is 19.1. The van der Waals surface area contributed by atoms with Crippen molar-refractivity contribution in [3.63, 3.8) is 0 Å². The molecule has 39 heavy (non-hydrogen) atoms. The van der Waals surface area contributed by atoms with Crippen LogP contribution < -0.4 is 10.1 Å². The summed E-state index contributed by atoms with van der Waals surface area (Å²) < 4.78 is 36.7. The van der Waals surface area contributed by atoms with Crippen molar-refractivity contribution >= 4 is 23.0 Å². The number of amides is 1. The van der Waals surface area contributed by atoms with Gasteiger partial charge in [-0.15, -0.1) is 0 Å². The molecule has 4 aromatic rings. The molecule has 0 atom stereocenters. The molecule has 0 saturated heterocycles. The van der Waals surface area contributed by atoms with Crippen LogP contribution in [0.1, 0.15) is 44.4 Å². The number of para-hydroxylation sites is 1. The molecular formula is C31H32FNO6. The molecule has 8 heteroatoms. The minimum absolute atomic E-state index is 0.0228. The molecule has 4 rings (SSSR count). The third kappa shape index (κ3) is 7.37. The molecule has 0 aliphatic rings.